The lowest BCUT2D eigenvalue weighted by molar-refractivity contribution is -0.159. The monoisotopic (exact) mass is 242 g/mol. The van der Waals surface area contributed by atoms with E-state index in [1.54, 1.807) is 20.8 Å². The Morgan fingerprint density at radius 3 is 2.12 bits per heavy atom. The van der Waals surface area contributed by atoms with Gasteiger partial charge in [0.1, 0.15) is 0 Å². The molecular weight excluding hydrogens is 220 g/mol. The highest BCUT2D eigenvalue weighted by Crippen LogP contribution is 2.20. The second-order valence-electron chi connectivity index (χ2n) is 3.70. The van der Waals surface area contributed by atoms with E-state index in [1.165, 1.54) is 0 Å². The van der Waals surface area contributed by atoms with Gasteiger partial charge in [-0.1, -0.05) is 19.1 Å². The zero-order valence-electron chi connectivity index (χ0n) is 11.1. The fraction of sp³-hybridized carbons (Fsp3) is 0.692. The molecule has 0 saturated heterocycles. The van der Waals surface area contributed by atoms with Crippen LogP contribution in [0.1, 0.15) is 34.1 Å². The molecule has 4 heteroatoms. The van der Waals surface area contributed by atoms with Crippen molar-refractivity contribution in [2.24, 2.45) is 11.8 Å². The molecule has 2 atom stereocenters. The molecule has 0 N–H and O–H groups in total. The molecule has 0 radical (unpaired) electrons. The van der Waals surface area contributed by atoms with Crippen molar-refractivity contribution in [1.82, 2.24) is 0 Å². The summed E-state index contributed by atoms with van der Waals surface area (Å²) >= 11 is 0. The molecule has 0 aromatic rings. The molecule has 0 aliphatic heterocycles. The Morgan fingerprint density at radius 2 is 1.65 bits per heavy atom. The summed E-state index contributed by atoms with van der Waals surface area (Å²) in [6.45, 7) is 7.71. The summed E-state index contributed by atoms with van der Waals surface area (Å²) < 4.78 is 9.89. The molecule has 2 unspecified atom stereocenters. The fourth-order valence-corrected chi connectivity index (χ4v) is 1.47. The average Bonchev–Trinajstić information content (AvgIpc) is 2.30. The van der Waals surface area contributed by atoms with Crippen LogP contribution in [-0.4, -0.2) is 25.2 Å². The van der Waals surface area contributed by atoms with Crippen molar-refractivity contribution in [3.63, 3.8) is 0 Å². The number of esters is 2. The maximum Gasteiger partial charge on any atom is 0.310 e. The van der Waals surface area contributed by atoms with E-state index in [2.05, 4.69) is 0 Å². The summed E-state index contributed by atoms with van der Waals surface area (Å²) in [4.78, 5) is 23.3. The maximum atomic E-state index is 11.7. The molecule has 0 heterocycles. The first-order valence-corrected chi connectivity index (χ1v) is 6.02. The van der Waals surface area contributed by atoms with E-state index >= 15 is 0 Å². The van der Waals surface area contributed by atoms with Gasteiger partial charge in [0, 0.05) is 0 Å². The highest BCUT2D eigenvalue weighted by molar-refractivity contribution is 5.81. The van der Waals surface area contributed by atoms with Crippen molar-refractivity contribution in [2.75, 3.05) is 13.2 Å². The molecule has 0 aliphatic carbocycles. The number of carbonyl (C=O) groups is 2. The zero-order valence-corrected chi connectivity index (χ0v) is 11.1. The molecular formula is C13H22O4. The number of allylic oxidation sites excluding steroid dienone is 2. The van der Waals surface area contributed by atoms with Crippen LogP contribution < -0.4 is 0 Å². The van der Waals surface area contributed by atoms with Crippen molar-refractivity contribution in [3.8, 4) is 0 Å². The fourth-order valence-electron chi connectivity index (χ4n) is 1.47. The molecule has 17 heavy (non-hydrogen) atoms. The lowest BCUT2D eigenvalue weighted by Gasteiger charge is -2.19. The molecule has 0 bridgehead atoms. The predicted octanol–water partition coefficient (Wildman–Crippen LogP) is 2.33. The molecule has 0 rings (SSSR count). The van der Waals surface area contributed by atoms with Crippen LogP contribution in [0.25, 0.3) is 0 Å². The summed E-state index contributed by atoms with van der Waals surface area (Å²) in [7, 11) is 0. The van der Waals surface area contributed by atoms with Gasteiger partial charge >= 0.3 is 11.9 Å². The van der Waals surface area contributed by atoms with E-state index in [-0.39, 0.29) is 11.9 Å². The summed E-state index contributed by atoms with van der Waals surface area (Å²) in [5.41, 5.74) is 0. The second-order valence-corrected chi connectivity index (χ2v) is 3.70. The molecule has 0 aliphatic rings. The average molecular weight is 242 g/mol. The third-order valence-electron chi connectivity index (χ3n) is 2.48. The van der Waals surface area contributed by atoms with Gasteiger partial charge in [-0.2, -0.15) is 0 Å². The van der Waals surface area contributed by atoms with E-state index in [9.17, 15) is 9.59 Å². The Labute approximate surface area is 103 Å². The zero-order chi connectivity index (χ0) is 13.3. The van der Waals surface area contributed by atoms with Crippen LogP contribution in [0.5, 0.6) is 0 Å². The van der Waals surface area contributed by atoms with Gasteiger partial charge in [-0.3, -0.25) is 9.59 Å². The highest BCUT2D eigenvalue weighted by atomic mass is 16.5. The first-order chi connectivity index (χ1) is 8.08. The normalized spacial score (nSPS) is 14.4. The quantitative estimate of drug-likeness (QED) is 0.508. The smallest absolute Gasteiger partial charge is 0.310 e. The van der Waals surface area contributed by atoms with Crippen molar-refractivity contribution in [2.45, 2.75) is 34.1 Å². The van der Waals surface area contributed by atoms with E-state index in [0.29, 0.717) is 19.6 Å². The van der Waals surface area contributed by atoms with Crippen LogP contribution in [0.15, 0.2) is 12.2 Å². The van der Waals surface area contributed by atoms with Gasteiger partial charge in [0.25, 0.3) is 0 Å². The molecule has 0 fully saturated rings. The Balaban J connectivity index is 4.65. The first kappa shape index (κ1) is 15.7. The van der Waals surface area contributed by atoms with Gasteiger partial charge in [-0.15, -0.1) is 0 Å². The predicted molar refractivity (Wildman–Crippen MR) is 65.4 cm³/mol. The Hall–Kier alpha value is -1.32. The van der Waals surface area contributed by atoms with E-state index < -0.39 is 11.8 Å². The number of hydrogen-bond donors (Lipinski definition) is 0. The van der Waals surface area contributed by atoms with Gasteiger partial charge in [0.15, 0.2) is 0 Å². The van der Waals surface area contributed by atoms with E-state index in [1.807, 2.05) is 19.1 Å². The van der Waals surface area contributed by atoms with Gasteiger partial charge in [-0.05, 0) is 27.2 Å². The minimum absolute atomic E-state index is 0.320. The maximum absolute atomic E-state index is 11.7. The van der Waals surface area contributed by atoms with Crippen LogP contribution in [0, 0.1) is 11.8 Å². The minimum Gasteiger partial charge on any atom is -0.466 e. The summed E-state index contributed by atoms with van der Waals surface area (Å²) in [5, 5.41) is 0. The number of carbonyl (C=O) groups excluding carboxylic acids is 2. The number of hydrogen-bond acceptors (Lipinski definition) is 4. The topological polar surface area (TPSA) is 52.6 Å². The number of ether oxygens (including phenoxy) is 2. The molecule has 98 valence electrons. The van der Waals surface area contributed by atoms with E-state index in [4.69, 9.17) is 9.47 Å². The highest BCUT2D eigenvalue weighted by Gasteiger charge is 2.31. The number of rotatable bonds is 7. The van der Waals surface area contributed by atoms with Crippen molar-refractivity contribution >= 4 is 11.9 Å². The summed E-state index contributed by atoms with van der Waals surface area (Å²) in [6, 6.07) is 0. The summed E-state index contributed by atoms with van der Waals surface area (Å²) in [6.07, 6.45) is 4.21. The van der Waals surface area contributed by atoms with Gasteiger partial charge in [0.05, 0.1) is 25.0 Å². The molecule has 0 amide bonds. The first-order valence-electron chi connectivity index (χ1n) is 6.02. The molecule has 0 aromatic carbocycles. The van der Waals surface area contributed by atoms with Gasteiger partial charge < -0.3 is 9.47 Å². The standard InChI is InChI=1S/C13H22O4/c1-5-8-9-11(13(15)17-7-3)10(4)12(14)16-6-2/h5,8,10-11H,6-7,9H2,1-4H3. The minimum atomic E-state index is -0.481. The van der Waals surface area contributed by atoms with Crippen molar-refractivity contribution in [1.29, 1.82) is 0 Å². The van der Waals surface area contributed by atoms with Gasteiger partial charge in [0.2, 0.25) is 0 Å². The molecule has 0 spiro atoms. The van der Waals surface area contributed by atoms with Gasteiger partial charge in [-0.25, -0.2) is 0 Å². The molecule has 0 aromatic heterocycles. The Bertz CT molecular complexity index is 271. The SMILES string of the molecule is CC=CCC(C(=O)OCC)C(C)C(=O)OCC. The van der Waals surface area contributed by atoms with Crippen LogP contribution in [0.2, 0.25) is 0 Å². The van der Waals surface area contributed by atoms with Crippen LogP contribution in [0.4, 0.5) is 0 Å². The van der Waals surface area contributed by atoms with Crippen molar-refractivity contribution < 1.29 is 19.1 Å². The van der Waals surface area contributed by atoms with E-state index in [0.717, 1.165) is 0 Å². The molecule has 0 saturated carbocycles. The van der Waals surface area contributed by atoms with Crippen molar-refractivity contribution in [3.05, 3.63) is 12.2 Å². The summed E-state index contributed by atoms with van der Waals surface area (Å²) in [5.74, 6) is -1.64. The second kappa shape index (κ2) is 8.79. The van der Waals surface area contributed by atoms with Crippen LogP contribution in [0.3, 0.4) is 0 Å². The lowest BCUT2D eigenvalue weighted by atomic mass is 9.91. The Kier molecular flexibility index (Phi) is 8.11. The third-order valence-corrected chi connectivity index (χ3v) is 2.48. The third kappa shape index (κ3) is 5.52. The Morgan fingerprint density at radius 1 is 1.12 bits per heavy atom. The molecule has 4 nitrogen and oxygen atoms in total. The largest absolute Gasteiger partial charge is 0.466 e. The van der Waals surface area contributed by atoms with Crippen LogP contribution in [-0.2, 0) is 19.1 Å². The lowest BCUT2D eigenvalue weighted by Crippen LogP contribution is -2.30. The van der Waals surface area contributed by atoms with Crippen LogP contribution >= 0.6 is 0 Å².